The molecular formula is C23H29O4PS. The Bertz CT molecular complexity index is 863. The van der Waals surface area contributed by atoms with Gasteiger partial charge in [-0.1, -0.05) is 74.2 Å². The number of rotatable bonds is 9. The Balaban J connectivity index is 1.73. The van der Waals surface area contributed by atoms with E-state index in [1.165, 1.54) is 29.4 Å². The maximum Gasteiger partial charge on any atom is 0.344 e. The van der Waals surface area contributed by atoms with Gasteiger partial charge >= 0.3 is 5.97 Å². The van der Waals surface area contributed by atoms with E-state index in [9.17, 15) is 14.8 Å². The molecule has 0 saturated heterocycles. The van der Waals surface area contributed by atoms with E-state index in [0.717, 1.165) is 36.0 Å². The van der Waals surface area contributed by atoms with Crippen LogP contribution in [0.15, 0.2) is 47.4 Å². The van der Waals surface area contributed by atoms with Crippen LogP contribution in [-0.4, -0.2) is 34.6 Å². The second-order valence-corrected chi connectivity index (χ2v) is 10.5. The molecule has 0 bridgehead atoms. The Morgan fingerprint density at radius 2 is 1.97 bits per heavy atom. The van der Waals surface area contributed by atoms with Crippen LogP contribution >= 0.6 is 19.5 Å². The molecular weight excluding hydrogens is 403 g/mol. The molecule has 29 heavy (non-hydrogen) atoms. The predicted molar refractivity (Wildman–Crippen MR) is 121 cm³/mol. The van der Waals surface area contributed by atoms with Crippen molar-refractivity contribution in [2.45, 2.75) is 55.9 Å². The molecule has 2 unspecified atom stereocenters. The molecule has 6 heteroatoms. The van der Waals surface area contributed by atoms with Gasteiger partial charge in [0.2, 0.25) is 5.60 Å². The summed E-state index contributed by atoms with van der Waals surface area (Å²) in [5, 5.41) is 12.3. The highest BCUT2D eigenvalue weighted by Crippen LogP contribution is 2.35. The van der Waals surface area contributed by atoms with Crippen molar-refractivity contribution in [3.05, 3.63) is 42.5 Å². The molecule has 2 aromatic rings. The average molecular weight is 433 g/mol. The Kier molecular flexibility index (Phi) is 8.14. The minimum absolute atomic E-state index is 0.288. The molecule has 1 N–H and O–H groups in total. The van der Waals surface area contributed by atoms with Gasteiger partial charge in [0.25, 0.3) is 0 Å². The largest absolute Gasteiger partial charge is 0.630 e. The molecule has 2 atom stereocenters. The Morgan fingerprint density at radius 3 is 2.66 bits per heavy atom. The summed E-state index contributed by atoms with van der Waals surface area (Å²) in [5.41, 5.74) is -1.10. The predicted octanol–water partition coefficient (Wildman–Crippen LogP) is 5.28. The molecule has 0 spiro atoms. The van der Waals surface area contributed by atoms with Crippen molar-refractivity contribution in [3.63, 3.8) is 0 Å². The van der Waals surface area contributed by atoms with Crippen LogP contribution in [0.4, 0.5) is 0 Å². The third-order valence-corrected chi connectivity index (χ3v) is 8.34. The summed E-state index contributed by atoms with van der Waals surface area (Å²) in [6.45, 7) is 2.08. The summed E-state index contributed by atoms with van der Waals surface area (Å²) in [7, 11) is -1.82. The number of carbonyl (C=O) groups is 1. The second kappa shape index (κ2) is 10.6. The maximum absolute atomic E-state index is 12.8. The van der Waals surface area contributed by atoms with E-state index in [-0.39, 0.29) is 6.61 Å². The highest BCUT2D eigenvalue weighted by atomic mass is 32.2. The minimum Gasteiger partial charge on any atom is -0.630 e. The van der Waals surface area contributed by atoms with E-state index in [1.54, 1.807) is 6.92 Å². The van der Waals surface area contributed by atoms with E-state index in [1.807, 2.05) is 18.2 Å². The van der Waals surface area contributed by atoms with E-state index >= 15 is 0 Å². The van der Waals surface area contributed by atoms with Crippen LogP contribution < -0.4 is 4.89 Å². The van der Waals surface area contributed by atoms with E-state index in [4.69, 9.17) is 4.74 Å². The van der Waals surface area contributed by atoms with Gasteiger partial charge in [-0.05, 0) is 42.2 Å². The second-order valence-electron chi connectivity index (χ2n) is 7.66. The quantitative estimate of drug-likeness (QED) is 0.431. The first-order valence-electron chi connectivity index (χ1n) is 10.3. The Hall–Kier alpha value is -1.39. The molecule has 0 aromatic heterocycles. The normalized spacial score (nSPS) is 17.9. The Labute approximate surface area is 178 Å². The molecule has 3 rings (SSSR count). The highest BCUT2D eigenvalue weighted by Gasteiger charge is 2.43. The van der Waals surface area contributed by atoms with Crippen molar-refractivity contribution in [1.29, 1.82) is 0 Å². The number of benzene rings is 2. The lowest BCUT2D eigenvalue weighted by Crippen LogP contribution is -2.45. The van der Waals surface area contributed by atoms with Gasteiger partial charge in [-0.3, -0.25) is 0 Å². The van der Waals surface area contributed by atoms with Gasteiger partial charge in [0.1, 0.15) is 5.80 Å². The van der Waals surface area contributed by atoms with Crippen molar-refractivity contribution in [1.82, 2.24) is 0 Å². The molecule has 4 nitrogen and oxygen atoms in total. The summed E-state index contributed by atoms with van der Waals surface area (Å²) in [4.78, 5) is 26.0. The minimum atomic E-state index is -1.82. The van der Waals surface area contributed by atoms with Crippen LogP contribution in [0, 0.1) is 5.92 Å². The van der Waals surface area contributed by atoms with Crippen molar-refractivity contribution >= 4 is 42.1 Å². The SMILES string of the molecule is CCOC(C=[P+]([O-])CSc1ccc2ccccc2c1)(CC1CCCCC1)C(=O)O. The van der Waals surface area contributed by atoms with Gasteiger partial charge in [0.05, 0.1) is 7.77 Å². The molecule has 0 amide bonds. The highest BCUT2D eigenvalue weighted by molar-refractivity contribution is 8.04. The number of hydrogen-bond acceptors (Lipinski definition) is 4. The summed E-state index contributed by atoms with van der Waals surface area (Å²) in [6, 6.07) is 14.3. The molecule has 1 fully saturated rings. The van der Waals surface area contributed by atoms with Crippen molar-refractivity contribution in [2.24, 2.45) is 5.92 Å². The molecule has 2 aromatic carbocycles. The number of carboxylic acids is 1. The number of ether oxygens (including phenoxy) is 1. The van der Waals surface area contributed by atoms with Gasteiger partial charge in [-0.25, -0.2) is 4.79 Å². The van der Waals surface area contributed by atoms with Crippen LogP contribution in [-0.2, 0) is 9.53 Å². The van der Waals surface area contributed by atoms with E-state index in [2.05, 4.69) is 24.3 Å². The zero-order valence-corrected chi connectivity index (χ0v) is 18.6. The number of hydrogen-bond donors (Lipinski definition) is 1. The zero-order chi connectivity index (χ0) is 20.7. The van der Waals surface area contributed by atoms with Crippen LogP contribution in [0.5, 0.6) is 0 Å². The average Bonchev–Trinajstić information content (AvgIpc) is 2.73. The van der Waals surface area contributed by atoms with Gasteiger partial charge < -0.3 is 14.7 Å². The fraction of sp³-hybridized carbons (Fsp3) is 0.478. The summed E-state index contributed by atoms with van der Waals surface area (Å²) >= 11 is 1.50. The van der Waals surface area contributed by atoms with E-state index < -0.39 is 19.3 Å². The van der Waals surface area contributed by atoms with Crippen molar-refractivity contribution in [3.8, 4) is 0 Å². The number of fused-ring (bicyclic) bond motifs is 1. The van der Waals surface area contributed by atoms with Crippen molar-refractivity contribution in [2.75, 3.05) is 12.1 Å². The lowest BCUT2D eigenvalue weighted by atomic mass is 9.81. The topological polar surface area (TPSA) is 69.6 Å². The van der Waals surface area contributed by atoms with E-state index in [0.29, 0.717) is 17.8 Å². The first kappa shape index (κ1) is 22.3. The van der Waals surface area contributed by atoms with Gasteiger partial charge in [-0.2, -0.15) is 0 Å². The van der Waals surface area contributed by atoms with Crippen LogP contribution in [0.2, 0.25) is 0 Å². The van der Waals surface area contributed by atoms with Gasteiger partial charge in [0.15, 0.2) is 5.49 Å². The smallest absolute Gasteiger partial charge is 0.344 e. The van der Waals surface area contributed by atoms with Gasteiger partial charge in [0, 0.05) is 11.5 Å². The first-order chi connectivity index (χ1) is 14.0. The molecule has 156 valence electrons. The molecule has 1 aliphatic rings. The third-order valence-electron chi connectivity index (χ3n) is 5.51. The summed E-state index contributed by atoms with van der Waals surface area (Å²) < 4.78 is 5.73. The molecule has 1 saturated carbocycles. The number of carboxylic acid groups (broad SMARTS) is 1. The zero-order valence-electron chi connectivity index (χ0n) is 16.9. The van der Waals surface area contributed by atoms with Crippen molar-refractivity contribution < 1.29 is 19.5 Å². The lowest BCUT2D eigenvalue weighted by Gasteiger charge is -2.30. The molecule has 0 aliphatic heterocycles. The standard InChI is InChI=1S/C23H29O4PS/c1-2-27-23(22(24)25,15-18-8-4-3-5-9-18)16-28(26)17-29-21-13-12-19-10-6-7-11-20(19)14-21/h6-7,10-14,16,18H,2-5,8-9,15,17H2,1H3,(H,24,25). The number of aliphatic carboxylic acids is 1. The number of thioether (sulfide) groups is 1. The monoisotopic (exact) mass is 432 g/mol. The van der Waals surface area contributed by atoms with Gasteiger partial charge in [-0.15, -0.1) is 0 Å². The molecule has 0 radical (unpaired) electrons. The Morgan fingerprint density at radius 1 is 1.24 bits per heavy atom. The van der Waals surface area contributed by atoms with Crippen LogP contribution in [0.25, 0.3) is 10.8 Å². The molecule has 1 aliphatic carbocycles. The first-order valence-corrected chi connectivity index (χ1v) is 12.8. The van der Waals surface area contributed by atoms with Crippen LogP contribution in [0.1, 0.15) is 45.4 Å². The third kappa shape index (κ3) is 6.05. The van der Waals surface area contributed by atoms with Crippen LogP contribution in [0.3, 0.4) is 0 Å². The fourth-order valence-electron chi connectivity index (χ4n) is 4.10. The summed E-state index contributed by atoms with van der Waals surface area (Å²) in [5.74, 6) is 0.764. The fourth-order valence-corrected chi connectivity index (χ4v) is 6.63. The lowest BCUT2D eigenvalue weighted by molar-refractivity contribution is -0.160. The maximum atomic E-state index is 12.8. The molecule has 0 heterocycles. The summed E-state index contributed by atoms with van der Waals surface area (Å²) in [6.07, 6.45) is 5.95.